The minimum Gasteiger partial charge on any atom is -0.305 e. The molecule has 35 heavy (non-hydrogen) atoms. The predicted molar refractivity (Wildman–Crippen MR) is 137 cm³/mol. The van der Waals surface area contributed by atoms with Crippen molar-refractivity contribution in [3.8, 4) is 16.9 Å². The molecule has 4 nitrogen and oxygen atoms in total. The average Bonchev–Trinajstić information content (AvgIpc) is 3.45. The van der Waals surface area contributed by atoms with Crippen LogP contribution in [-0.2, 0) is 20.1 Å². The zero-order chi connectivity index (χ0) is 22.7. The summed E-state index contributed by atoms with van der Waals surface area (Å²) in [5.41, 5.74) is 7.44. The van der Waals surface area contributed by atoms with Gasteiger partial charge in [-0.1, -0.05) is 42.1 Å². The zero-order valence-corrected chi connectivity index (χ0v) is 21.1. The van der Waals surface area contributed by atoms with Crippen molar-refractivity contribution in [2.45, 2.75) is 0 Å². The van der Waals surface area contributed by atoms with E-state index in [1.165, 1.54) is 0 Å². The Morgan fingerprint density at radius 3 is 2.00 bits per heavy atom. The van der Waals surface area contributed by atoms with Crippen molar-refractivity contribution in [2.75, 3.05) is 0 Å². The smallest absolute Gasteiger partial charge is 0.218 e. The molecule has 7 aromatic rings. The van der Waals surface area contributed by atoms with Crippen molar-refractivity contribution >= 4 is 27.8 Å². The van der Waals surface area contributed by atoms with Crippen LogP contribution in [0.25, 0.3) is 44.8 Å². The molecule has 3 aromatic heterocycles. The first-order chi connectivity index (χ1) is 16.9. The van der Waals surface area contributed by atoms with Gasteiger partial charge in [0.25, 0.3) is 0 Å². The monoisotopic (exact) mass is 629 g/mol. The number of aromatic nitrogens is 4. The summed E-state index contributed by atoms with van der Waals surface area (Å²) < 4.78 is 4.38. The van der Waals surface area contributed by atoms with Crippen LogP contribution in [0.15, 0.2) is 121 Å². The van der Waals surface area contributed by atoms with E-state index in [-0.39, 0.29) is 20.1 Å². The summed E-state index contributed by atoms with van der Waals surface area (Å²) in [6.07, 6.45) is 1.79. The van der Waals surface area contributed by atoms with Crippen LogP contribution >= 0.6 is 0 Å². The minimum atomic E-state index is 0. The van der Waals surface area contributed by atoms with E-state index < -0.39 is 0 Å². The van der Waals surface area contributed by atoms with Gasteiger partial charge < -0.3 is 9.55 Å². The Morgan fingerprint density at radius 1 is 0.600 bits per heavy atom. The Morgan fingerprint density at radius 2 is 1.29 bits per heavy atom. The Bertz CT molecular complexity index is 1650. The third-order valence-corrected chi connectivity index (χ3v) is 5.69. The number of benzene rings is 4. The minimum absolute atomic E-state index is 0. The number of imidazole rings is 2. The van der Waals surface area contributed by atoms with Crippen molar-refractivity contribution in [3.63, 3.8) is 0 Å². The molecule has 0 fully saturated rings. The standard InChI is InChI=1S/C19H12N3.C11H8N.Ir/c1-2-8-14(9-3-1)21-17-12-6-7-13-18(17)22-16-11-5-4-10-15(16)20-19(21)22;1-2-6-10(7-3-1)11-8-4-5-9-12-11;/h1-8,10-13H;1-6,8-9H;/q2*-1;. The molecule has 7 rings (SSSR count). The number of rotatable bonds is 2. The normalized spacial score (nSPS) is 10.6. The molecule has 0 unspecified atom stereocenters. The Balaban J connectivity index is 0.000000167. The van der Waals surface area contributed by atoms with Gasteiger partial charge in [0, 0.05) is 26.3 Å². The van der Waals surface area contributed by atoms with Gasteiger partial charge in [0.05, 0.1) is 22.1 Å². The van der Waals surface area contributed by atoms with Crippen molar-refractivity contribution in [2.24, 2.45) is 0 Å². The maximum Gasteiger partial charge on any atom is 0.218 e. The van der Waals surface area contributed by atoms with E-state index in [9.17, 15) is 0 Å². The zero-order valence-electron chi connectivity index (χ0n) is 18.7. The fourth-order valence-electron chi connectivity index (χ4n) is 4.19. The van der Waals surface area contributed by atoms with Crippen molar-refractivity contribution in [3.05, 3.63) is 134 Å². The van der Waals surface area contributed by atoms with Crippen LogP contribution in [-0.4, -0.2) is 18.9 Å². The van der Waals surface area contributed by atoms with Gasteiger partial charge in [-0.05, 0) is 36.0 Å². The van der Waals surface area contributed by atoms with Gasteiger partial charge in [0.15, 0.2) is 0 Å². The molecule has 0 amide bonds. The van der Waals surface area contributed by atoms with Crippen molar-refractivity contribution in [1.82, 2.24) is 18.9 Å². The Labute approximate surface area is 216 Å². The fraction of sp³-hybridized carbons (Fsp3) is 0. The van der Waals surface area contributed by atoms with Gasteiger partial charge >= 0.3 is 0 Å². The molecule has 171 valence electrons. The summed E-state index contributed by atoms with van der Waals surface area (Å²) in [5, 5.41) is 0. The summed E-state index contributed by atoms with van der Waals surface area (Å²) in [6.45, 7) is 0. The van der Waals surface area contributed by atoms with E-state index in [0.717, 1.165) is 44.8 Å². The molecule has 0 aliphatic carbocycles. The summed E-state index contributed by atoms with van der Waals surface area (Å²) in [7, 11) is 0. The van der Waals surface area contributed by atoms with Gasteiger partial charge in [-0.25, -0.2) is 4.98 Å². The van der Waals surface area contributed by atoms with Crippen LogP contribution in [0.1, 0.15) is 0 Å². The molecule has 3 heterocycles. The number of nitrogens with zero attached hydrogens (tertiary/aromatic N) is 4. The number of fused-ring (bicyclic) bond motifs is 5. The van der Waals surface area contributed by atoms with Gasteiger partial charge in [-0.3, -0.25) is 4.40 Å². The molecule has 5 heteroatoms. The fourth-order valence-corrected chi connectivity index (χ4v) is 4.19. The number of hydrogen-bond acceptors (Lipinski definition) is 2. The van der Waals surface area contributed by atoms with E-state index in [1.807, 2.05) is 66.7 Å². The van der Waals surface area contributed by atoms with Crippen LogP contribution < -0.4 is 0 Å². The summed E-state index contributed by atoms with van der Waals surface area (Å²) in [4.78, 5) is 9.05. The van der Waals surface area contributed by atoms with Gasteiger partial charge in [0.2, 0.25) is 5.78 Å². The average molecular weight is 629 g/mol. The predicted octanol–water partition coefficient (Wildman–Crippen LogP) is 6.78. The number of para-hydroxylation sites is 5. The first-order valence-corrected chi connectivity index (χ1v) is 11.1. The SMILES string of the molecule is [Ir].[c-]1ccccc1-c1ccccn1.[c-]1ccccc1-n1c2ccccc2n2c3ccccc3nc12. The van der Waals surface area contributed by atoms with E-state index in [2.05, 4.69) is 74.6 Å². The maximum absolute atomic E-state index is 4.83. The van der Waals surface area contributed by atoms with E-state index in [4.69, 9.17) is 4.98 Å². The summed E-state index contributed by atoms with van der Waals surface area (Å²) >= 11 is 0. The number of hydrogen-bond donors (Lipinski definition) is 0. The molecule has 0 N–H and O–H groups in total. The molecule has 0 bridgehead atoms. The second-order valence-electron chi connectivity index (χ2n) is 7.80. The Hall–Kier alpha value is -4.05. The third-order valence-electron chi connectivity index (χ3n) is 5.69. The Kier molecular flexibility index (Phi) is 6.53. The quantitative estimate of drug-likeness (QED) is 0.198. The van der Waals surface area contributed by atoms with Crippen LogP contribution in [0.5, 0.6) is 0 Å². The van der Waals surface area contributed by atoms with Crippen LogP contribution in [0.3, 0.4) is 0 Å². The molecule has 0 spiro atoms. The molecule has 0 aliphatic heterocycles. The molecular formula is C30H20IrN4-2. The first-order valence-electron chi connectivity index (χ1n) is 11.1. The molecule has 0 saturated heterocycles. The molecule has 0 atom stereocenters. The van der Waals surface area contributed by atoms with E-state index in [1.54, 1.807) is 6.20 Å². The molecule has 1 radical (unpaired) electrons. The summed E-state index contributed by atoms with van der Waals surface area (Å²) in [5.74, 6) is 0.921. The van der Waals surface area contributed by atoms with E-state index >= 15 is 0 Å². The van der Waals surface area contributed by atoms with Gasteiger partial charge in [-0.2, -0.15) is 24.3 Å². The first kappa shape index (κ1) is 22.7. The second kappa shape index (κ2) is 10.1. The van der Waals surface area contributed by atoms with Crippen LogP contribution in [0, 0.1) is 12.1 Å². The van der Waals surface area contributed by atoms with Gasteiger partial charge in [0.1, 0.15) is 0 Å². The molecule has 0 saturated carbocycles. The van der Waals surface area contributed by atoms with Crippen molar-refractivity contribution < 1.29 is 20.1 Å². The van der Waals surface area contributed by atoms with Crippen molar-refractivity contribution in [1.29, 1.82) is 0 Å². The third kappa shape index (κ3) is 4.28. The maximum atomic E-state index is 4.83. The van der Waals surface area contributed by atoms with Gasteiger partial charge in [-0.15, -0.1) is 42.0 Å². The summed E-state index contributed by atoms with van der Waals surface area (Å²) in [6, 6.07) is 44.8. The number of pyridine rings is 1. The molecule has 4 aromatic carbocycles. The molecule has 0 aliphatic rings. The van der Waals surface area contributed by atoms with Crippen LogP contribution in [0.4, 0.5) is 0 Å². The topological polar surface area (TPSA) is 35.1 Å². The van der Waals surface area contributed by atoms with E-state index in [0.29, 0.717) is 0 Å². The second-order valence-corrected chi connectivity index (χ2v) is 7.80. The largest absolute Gasteiger partial charge is 0.305 e. The molecular weight excluding hydrogens is 609 g/mol. The van der Waals surface area contributed by atoms with Crippen LogP contribution in [0.2, 0.25) is 0 Å².